The standard InChI is InChI=1S/C24H25ClN4O3/c1-2-11-29(14-21-26-20-13-17(25)8-9-18(20)24(32)28-21)22(30)10-7-16-12-15-5-3-4-6-19(15)27-23(16)31/h3-6,8-9,13,16H,2,7,10-12,14H2,1H3,(H,27,31)(H,26,28,32). The number of H-pyrrole nitrogens is 1. The molecule has 8 heteroatoms. The van der Waals surface area contributed by atoms with E-state index in [0.717, 1.165) is 17.7 Å². The van der Waals surface area contributed by atoms with Crippen molar-refractivity contribution < 1.29 is 9.59 Å². The molecule has 32 heavy (non-hydrogen) atoms. The van der Waals surface area contributed by atoms with Crippen LogP contribution in [0, 0.1) is 5.92 Å². The van der Waals surface area contributed by atoms with Crippen molar-refractivity contribution >= 4 is 40.0 Å². The molecule has 0 saturated heterocycles. The number of halogens is 1. The molecule has 0 radical (unpaired) electrons. The summed E-state index contributed by atoms with van der Waals surface area (Å²) >= 11 is 6.04. The van der Waals surface area contributed by atoms with Crippen molar-refractivity contribution in [2.75, 3.05) is 11.9 Å². The summed E-state index contributed by atoms with van der Waals surface area (Å²) in [6, 6.07) is 12.7. The van der Waals surface area contributed by atoms with E-state index in [1.807, 2.05) is 31.2 Å². The lowest BCUT2D eigenvalue weighted by atomic mass is 9.89. The quantitative estimate of drug-likeness (QED) is 0.568. The molecule has 1 aliphatic heterocycles. The maximum absolute atomic E-state index is 13.0. The maximum Gasteiger partial charge on any atom is 0.258 e. The summed E-state index contributed by atoms with van der Waals surface area (Å²) in [5.74, 6) is 0.0669. The lowest BCUT2D eigenvalue weighted by Crippen LogP contribution is -2.35. The predicted octanol–water partition coefficient (Wildman–Crippen LogP) is 3.91. The minimum atomic E-state index is -0.261. The molecule has 2 heterocycles. The number of fused-ring (bicyclic) bond motifs is 2. The number of hydrogen-bond donors (Lipinski definition) is 2. The van der Waals surface area contributed by atoms with Crippen LogP contribution in [0.1, 0.15) is 37.6 Å². The third kappa shape index (κ3) is 4.83. The molecule has 2 amide bonds. The molecule has 4 rings (SSSR count). The number of carbonyl (C=O) groups is 2. The van der Waals surface area contributed by atoms with Crippen LogP contribution in [-0.2, 0) is 22.6 Å². The van der Waals surface area contributed by atoms with Gasteiger partial charge in [-0.25, -0.2) is 4.98 Å². The average molecular weight is 453 g/mol. The number of rotatable bonds is 7. The van der Waals surface area contributed by atoms with Gasteiger partial charge in [0.1, 0.15) is 5.82 Å². The van der Waals surface area contributed by atoms with E-state index < -0.39 is 0 Å². The van der Waals surface area contributed by atoms with Crippen LogP contribution in [0.15, 0.2) is 47.3 Å². The zero-order valence-electron chi connectivity index (χ0n) is 17.9. The number of carbonyl (C=O) groups excluding carboxylic acids is 2. The van der Waals surface area contributed by atoms with Crippen LogP contribution in [0.5, 0.6) is 0 Å². The third-order valence-corrected chi connectivity index (χ3v) is 5.96. The number of para-hydroxylation sites is 1. The van der Waals surface area contributed by atoms with Crippen LogP contribution in [0.2, 0.25) is 5.02 Å². The van der Waals surface area contributed by atoms with Crippen molar-refractivity contribution in [2.24, 2.45) is 5.92 Å². The molecule has 7 nitrogen and oxygen atoms in total. The van der Waals surface area contributed by atoms with Gasteiger partial charge in [0.15, 0.2) is 0 Å². The van der Waals surface area contributed by atoms with E-state index >= 15 is 0 Å². The Morgan fingerprint density at radius 2 is 2.03 bits per heavy atom. The van der Waals surface area contributed by atoms with Crippen molar-refractivity contribution in [1.29, 1.82) is 0 Å². The number of aromatic nitrogens is 2. The first-order valence-electron chi connectivity index (χ1n) is 10.8. The SMILES string of the molecule is CCCN(Cc1nc2cc(Cl)ccc2c(=O)[nH]1)C(=O)CCC1Cc2ccccc2NC1=O. The molecule has 0 fully saturated rings. The maximum atomic E-state index is 13.0. The number of anilines is 1. The Kier molecular flexibility index (Phi) is 6.55. The van der Waals surface area contributed by atoms with Gasteiger partial charge in [0.05, 0.1) is 17.4 Å². The monoisotopic (exact) mass is 452 g/mol. The van der Waals surface area contributed by atoms with Crippen molar-refractivity contribution in [3.63, 3.8) is 0 Å². The van der Waals surface area contributed by atoms with E-state index in [1.54, 1.807) is 23.1 Å². The molecule has 166 valence electrons. The molecule has 1 unspecified atom stereocenters. The van der Waals surface area contributed by atoms with Crippen LogP contribution in [0.3, 0.4) is 0 Å². The highest BCUT2D eigenvalue weighted by Crippen LogP contribution is 2.27. The fourth-order valence-electron chi connectivity index (χ4n) is 4.08. The highest BCUT2D eigenvalue weighted by Gasteiger charge is 2.27. The van der Waals surface area contributed by atoms with Gasteiger partial charge >= 0.3 is 0 Å². The first-order chi connectivity index (χ1) is 15.4. The Labute approximate surface area is 190 Å². The number of hydrogen-bond acceptors (Lipinski definition) is 4. The molecule has 1 atom stereocenters. The summed E-state index contributed by atoms with van der Waals surface area (Å²) in [6.07, 6.45) is 2.12. The van der Waals surface area contributed by atoms with E-state index in [2.05, 4.69) is 15.3 Å². The highest BCUT2D eigenvalue weighted by molar-refractivity contribution is 6.31. The van der Waals surface area contributed by atoms with Crippen molar-refractivity contribution in [1.82, 2.24) is 14.9 Å². The van der Waals surface area contributed by atoms with Crippen LogP contribution >= 0.6 is 11.6 Å². The Morgan fingerprint density at radius 3 is 2.84 bits per heavy atom. The minimum Gasteiger partial charge on any atom is -0.335 e. The zero-order chi connectivity index (χ0) is 22.7. The molecule has 0 aliphatic carbocycles. The molecule has 3 aromatic rings. The summed E-state index contributed by atoms with van der Waals surface area (Å²) < 4.78 is 0. The minimum absolute atomic E-state index is 0.0454. The number of benzene rings is 2. The van der Waals surface area contributed by atoms with Crippen molar-refractivity contribution in [2.45, 2.75) is 39.2 Å². The van der Waals surface area contributed by atoms with Crippen LogP contribution in [0.25, 0.3) is 10.9 Å². The van der Waals surface area contributed by atoms with E-state index in [-0.39, 0.29) is 36.3 Å². The number of nitrogens with one attached hydrogen (secondary N) is 2. The van der Waals surface area contributed by atoms with Gasteiger partial charge in [0, 0.05) is 29.6 Å². The van der Waals surface area contributed by atoms with Gasteiger partial charge in [-0.15, -0.1) is 0 Å². The number of nitrogens with zero attached hydrogens (tertiary/aromatic N) is 2. The van der Waals surface area contributed by atoms with Crippen LogP contribution < -0.4 is 10.9 Å². The molecule has 0 spiro atoms. The molecule has 0 saturated carbocycles. The summed E-state index contributed by atoms with van der Waals surface area (Å²) in [4.78, 5) is 46.8. The Balaban J connectivity index is 1.45. The molecule has 1 aromatic heterocycles. The van der Waals surface area contributed by atoms with Gasteiger partial charge in [-0.2, -0.15) is 0 Å². The lowest BCUT2D eigenvalue weighted by molar-refractivity contribution is -0.132. The second-order valence-corrected chi connectivity index (χ2v) is 8.51. The van der Waals surface area contributed by atoms with Gasteiger partial charge in [-0.05, 0) is 49.1 Å². The van der Waals surface area contributed by atoms with Crippen molar-refractivity contribution in [3.8, 4) is 0 Å². The van der Waals surface area contributed by atoms with Gasteiger partial charge in [0.2, 0.25) is 11.8 Å². The van der Waals surface area contributed by atoms with Gasteiger partial charge in [-0.1, -0.05) is 36.7 Å². The van der Waals surface area contributed by atoms with Crippen molar-refractivity contribution in [3.05, 3.63) is 69.2 Å². The van der Waals surface area contributed by atoms with Crippen LogP contribution in [-0.4, -0.2) is 33.2 Å². The van der Waals surface area contributed by atoms with E-state index in [1.165, 1.54) is 0 Å². The molecule has 0 bridgehead atoms. The molecule has 2 N–H and O–H groups in total. The smallest absolute Gasteiger partial charge is 0.258 e. The number of amides is 2. The average Bonchev–Trinajstić information content (AvgIpc) is 2.77. The van der Waals surface area contributed by atoms with Gasteiger partial charge in [0.25, 0.3) is 5.56 Å². The summed E-state index contributed by atoms with van der Waals surface area (Å²) in [5.41, 5.74) is 2.17. The summed E-state index contributed by atoms with van der Waals surface area (Å²) in [7, 11) is 0. The molecular formula is C24H25ClN4O3. The lowest BCUT2D eigenvalue weighted by Gasteiger charge is -2.26. The Hall–Kier alpha value is -3.19. The third-order valence-electron chi connectivity index (χ3n) is 5.72. The van der Waals surface area contributed by atoms with Gasteiger partial charge < -0.3 is 15.2 Å². The largest absolute Gasteiger partial charge is 0.335 e. The molecule has 2 aromatic carbocycles. The second kappa shape index (κ2) is 9.53. The topological polar surface area (TPSA) is 95.2 Å². The van der Waals surface area contributed by atoms with E-state index in [0.29, 0.717) is 41.1 Å². The molecular weight excluding hydrogens is 428 g/mol. The summed E-state index contributed by atoms with van der Waals surface area (Å²) in [6.45, 7) is 2.72. The Bertz CT molecular complexity index is 1220. The first kappa shape index (κ1) is 22.0. The molecule has 1 aliphatic rings. The fourth-order valence-corrected chi connectivity index (χ4v) is 4.25. The van der Waals surface area contributed by atoms with Crippen LogP contribution in [0.4, 0.5) is 5.69 Å². The van der Waals surface area contributed by atoms with E-state index in [9.17, 15) is 14.4 Å². The predicted molar refractivity (Wildman–Crippen MR) is 125 cm³/mol. The second-order valence-electron chi connectivity index (χ2n) is 8.08. The van der Waals surface area contributed by atoms with E-state index in [4.69, 9.17) is 11.6 Å². The normalized spacial score (nSPS) is 15.3. The highest BCUT2D eigenvalue weighted by atomic mass is 35.5. The Morgan fingerprint density at radius 1 is 1.22 bits per heavy atom. The first-order valence-corrected chi connectivity index (χ1v) is 11.2. The fraction of sp³-hybridized carbons (Fsp3) is 0.333. The number of aromatic amines is 1. The van der Waals surface area contributed by atoms with Gasteiger partial charge in [-0.3, -0.25) is 14.4 Å². The summed E-state index contributed by atoms with van der Waals surface area (Å²) in [5, 5.41) is 3.88. The zero-order valence-corrected chi connectivity index (χ0v) is 18.6.